The summed E-state index contributed by atoms with van der Waals surface area (Å²) in [4.78, 5) is 15.1. The largest absolute Gasteiger partial charge is 0.361 e. The number of benzene rings is 1. The summed E-state index contributed by atoms with van der Waals surface area (Å²) in [6, 6.07) is 10.5. The molecule has 1 aromatic carbocycles. The molecule has 0 spiro atoms. The lowest BCUT2D eigenvalue weighted by molar-refractivity contribution is 0.0959. The zero-order chi connectivity index (χ0) is 13.9. The van der Waals surface area contributed by atoms with E-state index in [1.807, 2.05) is 30.5 Å². The Labute approximate surface area is 117 Å². The first-order chi connectivity index (χ1) is 9.74. The minimum absolute atomic E-state index is 0.290. The standard InChI is InChI=1S/C14H10FN3OS/c15-13-6-5-12(20-13)14(19)18-17-8-9-7-16-11-4-2-1-3-10(9)11/h1-8,16H,(H,18,19)/b17-8+. The van der Waals surface area contributed by atoms with E-state index >= 15 is 0 Å². The number of hydrogen-bond acceptors (Lipinski definition) is 3. The van der Waals surface area contributed by atoms with E-state index < -0.39 is 11.0 Å². The van der Waals surface area contributed by atoms with Crippen molar-refractivity contribution in [1.82, 2.24) is 10.4 Å². The lowest BCUT2D eigenvalue weighted by atomic mass is 10.2. The van der Waals surface area contributed by atoms with E-state index in [0.29, 0.717) is 4.88 Å². The maximum Gasteiger partial charge on any atom is 0.281 e. The number of rotatable bonds is 3. The topological polar surface area (TPSA) is 57.2 Å². The third-order valence-electron chi connectivity index (χ3n) is 2.79. The van der Waals surface area contributed by atoms with Gasteiger partial charge in [0.15, 0.2) is 5.13 Å². The van der Waals surface area contributed by atoms with Crippen LogP contribution in [0.4, 0.5) is 4.39 Å². The van der Waals surface area contributed by atoms with Crippen molar-refractivity contribution in [3.63, 3.8) is 0 Å². The number of aromatic amines is 1. The predicted octanol–water partition coefficient (Wildman–Crippen LogP) is 3.13. The van der Waals surface area contributed by atoms with Crippen LogP contribution in [-0.2, 0) is 0 Å². The number of nitrogens with zero attached hydrogens (tertiary/aromatic N) is 1. The number of carbonyl (C=O) groups excluding carboxylic acids is 1. The highest BCUT2D eigenvalue weighted by Crippen LogP contribution is 2.16. The second-order valence-corrected chi connectivity index (χ2v) is 5.13. The first kappa shape index (κ1) is 12.6. The number of nitrogens with one attached hydrogen (secondary N) is 2. The molecule has 0 aliphatic rings. The van der Waals surface area contributed by atoms with Crippen LogP contribution in [0, 0.1) is 5.13 Å². The SMILES string of the molecule is O=C(N/N=C/c1c[nH]c2ccccc12)c1ccc(F)s1. The third-order valence-corrected chi connectivity index (χ3v) is 3.66. The molecule has 0 saturated heterocycles. The van der Waals surface area contributed by atoms with E-state index in [4.69, 9.17) is 0 Å². The lowest BCUT2D eigenvalue weighted by Gasteiger charge is -1.95. The van der Waals surface area contributed by atoms with E-state index in [2.05, 4.69) is 15.5 Å². The van der Waals surface area contributed by atoms with Gasteiger partial charge in [0, 0.05) is 22.7 Å². The van der Waals surface area contributed by atoms with Gasteiger partial charge in [-0.1, -0.05) is 18.2 Å². The van der Waals surface area contributed by atoms with Crippen LogP contribution in [0.5, 0.6) is 0 Å². The molecule has 0 aliphatic carbocycles. The molecular formula is C14H10FN3OS. The van der Waals surface area contributed by atoms with Crippen LogP contribution < -0.4 is 5.43 Å². The van der Waals surface area contributed by atoms with Gasteiger partial charge >= 0.3 is 0 Å². The fourth-order valence-electron chi connectivity index (χ4n) is 1.85. The summed E-state index contributed by atoms with van der Waals surface area (Å²) in [6.45, 7) is 0. The van der Waals surface area contributed by atoms with E-state index in [1.165, 1.54) is 12.1 Å². The Morgan fingerprint density at radius 3 is 2.95 bits per heavy atom. The van der Waals surface area contributed by atoms with Crippen molar-refractivity contribution < 1.29 is 9.18 Å². The van der Waals surface area contributed by atoms with Crippen LogP contribution in [0.1, 0.15) is 15.2 Å². The van der Waals surface area contributed by atoms with Crippen molar-refractivity contribution in [3.05, 3.63) is 58.2 Å². The number of hydrogen-bond donors (Lipinski definition) is 2. The van der Waals surface area contributed by atoms with Gasteiger partial charge in [-0.25, -0.2) is 5.43 Å². The highest BCUT2D eigenvalue weighted by atomic mass is 32.1. The first-order valence-corrected chi connectivity index (χ1v) is 6.70. The molecule has 20 heavy (non-hydrogen) atoms. The molecule has 2 N–H and O–H groups in total. The molecule has 0 fully saturated rings. The second-order valence-electron chi connectivity index (χ2n) is 4.09. The summed E-state index contributed by atoms with van der Waals surface area (Å²) >= 11 is 0.788. The van der Waals surface area contributed by atoms with Gasteiger partial charge in [0.2, 0.25) is 0 Å². The highest BCUT2D eigenvalue weighted by Gasteiger charge is 2.07. The molecule has 2 heterocycles. The minimum Gasteiger partial charge on any atom is -0.361 e. The average molecular weight is 287 g/mol. The second kappa shape index (κ2) is 5.26. The number of aromatic nitrogens is 1. The highest BCUT2D eigenvalue weighted by molar-refractivity contribution is 7.12. The zero-order valence-corrected chi connectivity index (χ0v) is 11.1. The number of carbonyl (C=O) groups is 1. The van der Waals surface area contributed by atoms with Gasteiger partial charge in [-0.05, 0) is 18.2 Å². The number of thiophene rings is 1. The normalized spacial score (nSPS) is 11.2. The lowest BCUT2D eigenvalue weighted by Crippen LogP contribution is -2.16. The Bertz CT molecular complexity index is 790. The Balaban J connectivity index is 1.73. The Hall–Kier alpha value is -2.47. The maximum absolute atomic E-state index is 12.8. The van der Waals surface area contributed by atoms with Gasteiger partial charge in [-0.2, -0.15) is 9.49 Å². The van der Waals surface area contributed by atoms with E-state index in [-0.39, 0.29) is 0 Å². The van der Waals surface area contributed by atoms with Crippen molar-refractivity contribution in [2.45, 2.75) is 0 Å². The number of amides is 1. The van der Waals surface area contributed by atoms with Crippen molar-refractivity contribution in [2.75, 3.05) is 0 Å². The van der Waals surface area contributed by atoms with E-state index in [1.54, 1.807) is 6.21 Å². The molecule has 4 nitrogen and oxygen atoms in total. The molecule has 2 aromatic heterocycles. The Morgan fingerprint density at radius 2 is 2.15 bits per heavy atom. The van der Waals surface area contributed by atoms with Gasteiger partial charge in [-0.15, -0.1) is 11.3 Å². The van der Waals surface area contributed by atoms with Crippen LogP contribution in [0.25, 0.3) is 10.9 Å². The number of H-pyrrole nitrogens is 1. The van der Waals surface area contributed by atoms with Gasteiger partial charge in [0.25, 0.3) is 5.91 Å². The molecule has 0 unspecified atom stereocenters. The fourth-order valence-corrected chi connectivity index (χ4v) is 2.47. The van der Waals surface area contributed by atoms with Crippen LogP contribution in [0.3, 0.4) is 0 Å². The van der Waals surface area contributed by atoms with Crippen LogP contribution in [-0.4, -0.2) is 17.1 Å². The van der Waals surface area contributed by atoms with Crippen molar-refractivity contribution in [1.29, 1.82) is 0 Å². The van der Waals surface area contributed by atoms with Crippen molar-refractivity contribution >= 4 is 34.4 Å². The number of halogens is 1. The maximum atomic E-state index is 12.8. The van der Waals surface area contributed by atoms with E-state index in [9.17, 15) is 9.18 Å². The summed E-state index contributed by atoms with van der Waals surface area (Å²) < 4.78 is 12.8. The van der Waals surface area contributed by atoms with Crippen molar-refractivity contribution in [3.8, 4) is 0 Å². The van der Waals surface area contributed by atoms with Crippen molar-refractivity contribution in [2.24, 2.45) is 5.10 Å². The molecule has 0 saturated carbocycles. The Morgan fingerprint density at radius 1 is 1.30 bits per heavy atom. The average Bonchev–Trinajstić information content (AvgIpc) is 3.06. The number of para-hydroxylation sites is 1. The predicted molar refractivity (Wildman–Crippen MR) is 77.6 cm³/mol. The molecule has 0 radical (unpaired) electrons. The van der Waals surface area contributed by atoms with Gasteiger partial charge < -0.3 is 4.98 Å². The van der Waals surface area contributed by atoms with E-state index in [0.717, 1.165) is 27.8 Å². The van der Waals surface area contributed by atoms with Crippen LogP contribution >= 0.6 is 11.3 Å². The van der Waals surface area contributed by atoms with Gasteiger partial charge in [0.1, 0.15) is 0 Å². The molecule has 6 heteroatoms. The minimum atomic E-state index is -0.421. The Kier molecular flexibility index (Phi) is 3.30. The fraction of sp³-hybridized carbons (Fsp3) is 0. The molecule has 3 aromatic rings. The monoisotopic (exact) mass is 287 g/mol. The molecular weight excluding hydrogens is 277 g/mol. The van der Waals surface area contributed by atoms with Gasteiger partial charge in [-0.3, -0.25) is 4.79 Å². The van der Waals surface area contributed by atoms with Crippen LogP contribution in [0.2, 0.25) is 0 Å². The molecule has 100 valence electrons. The molecule has 1 amide bonds. The third kappa shape index (κ3) is 2.46. The van der Waals surface area contributed by atoms with Crippen LogP contribution in [0.15, 0.2) is 47.7 Å². The number of hydrazone groups is 1. The number of fused-ring (bicyclic) bond motifs is 1. The summed E-state index contributed by atoms with van der Waals surface area (Å²) in [5.74, 6) is -0.421. The summed E-state index contributed by atoms with van der Waals surface area (Å²) in [5.41, 5.74) is 4.25. The zero-order valence-electron chi connectivity index (χ0n) is 10.3. The molecule has 0 bridgehead atoms. The summed E-state index contributed by atoms with van der Waals surface area (Å²) in [6.07, 6.45) is 3.37. The molecule has 3 rings (SSSR count). The summed E-state index contributed by atoms with van der Waals surface area (Å²) in [7, 11) is 0. The first-order valence-electron chi connectivity index (χ1n) is 5.89. The molecule has 0 atom stereocenters. The summed E-state index contributed by atoms with van der Waals surface area (Å²) in [5, 5.41) is 4.52. The quantitative estimate of drug-likeness (QED) is 0.564. The molecule has 0 aliphatic heterocycles. The van der Waals surface area contributed by atoms with Gasteiger partial charge in [0.05, 0.1) is 11.1 Å². The smallest absolute Gasteiger partial charge is 0.281 e.